The van der Waals surface area contributed by atoms with Gasteiger partial charge in [0.15, 0.2) is 0 Å². The number of rotatable bonds is 2. The predicted octanol–water partition coefficient (Wildman–Crippen LogP) is 1.91. The van der Waals surface area contributed by atoms with Crippen molar-refractivity contribution in [3.05, 3.63) is 22.8 Å². The van der Waals surface area contributed by atoms with Gasteiger partial charge in [-0.05, 0) is 31.9 Å². The van der Waals surface area contributed by atoms with E-state index >= 15 is 0 Å². The molecular formula is C12H15ClN2O2. The molecule has 0 spiro atoms. The molecule has 1 atom stereocenters. The van der Waals surface area contributed by atoms with E-state index in [1.54, 1.807) is 6.07 Å². The van der Waals surface area contributed by atoms with Crippen LogP contribution in [0.3, 0.4) is 0 Å². The molecule has 0 saturated carbocycles. The van der Waals surface area contributed by atoms with Crippen LogP contribution in [0.1, 0.15) is 25.3 Å². The normalized spacial score (nSPS) is 24.3. The number of nitrogens with zero attached hydrogens (tertiary/aromatic N) is 1. The van der Waals surface area contributed by atoms with Gasteiger partial charge < -0.3 is 10.1 Å². The SMILES string of the molecule is COc1nc(Cl)ccc1C1(C)CCCNC1=O. The summed E-state index contributed by atoms with van der Waals surface area (Å²) in [5, 5.41) is 3.25. The van der Waals surface area contributed by atoms with Crippen molar-refractivity contribution < 1.29 is 9.53 Å². The molecule has 0 aromatic carbocycles. The van der Waals surface area contributed by atoms with Crippen LogP contribution in [0, 0.1) is 0 Å². The molecule has 4 nitrogen and oxygen atoms in total. The third-order valence-corrected chi connectivity index (χ3v) is 3.46. The lowest BCUT2D eigenvalue weighted by Gasteiger charge is -2.33. The Morgan fingerprint density at radius 1 is 1.53 bits per heavy atom. The Bertz CT molecular complexity index is 450. The molecule has 1 aliphatic rings. The number of hydrogen-bond donors (Lipinski definition) is 1. The Balaban J connectivity index is 2.47. The smallest absolute Gasteiger partial charge is 0.230 e. The summed E-state index contributed by atoms with van der Waals surface area (Å²) in [4.78, 5) is 16.2. The van der Waals surface area contributed by atoms with Gasteiger partial charge in [0.25, 0.3) is 0 Å². The van der Waals surface area contributed by atoms with Crippen molar-refractivity contribution in [3.8, 4) is 5.88 Å². The summed E-state index contributed by atoms with van der Waals surface area (Å²) in [6.45, 7) is 2.65. The van der Waals surface area contributed by atoms with Gasteiger partial charge in [0.2, 0.25) is 11.8 Å². The fraction of sp³-hybridized carbons (Fsp3) is 0.500. The molecule has 1 aliphatic heterocycles. The van der Waals surface area contributed by atoms with E-state index in [-0.39, 0.29) is 5.91 Å². The van der Waals surface area contributed by atoms with Crippen molar-refractivity contribution in [1.82, 2.24) is 10.3 Å². The fourth-order valence-corrected chi connectivity index (χ4v) is 2.34. The van der Waals surface area contributed by atoms with Crippen LogP contribution in [-0.4, -0.2) is 24.5 Å². The number of methoxy groups -OCH3 is 1. The van der Waals surface area contributed by atoms with E-state index in [0.717, 1.165) is 24.9 Å². The monoisotopic (exact) mass is 254 g/mol. The van der Waals surface area contributed by atoms with Gasteiger partial charge in [-0.1, -0.05) is 11.6 Å². The van der Waals surface area contributed by atoms with Gasteiger partial charge in [-0.15, -0.1) is 0 Å². The molecule has 1 aromatic heterocycles. The van der Waals surface area contributed by atoms with Crippen LogP contribution in [0.5, 0.6) is 5.88 Å². The molecule has 1 unspecified atom stereocenters. The van der Waals surface area contributed by atoms with Crippen LogP contribution in [-0.2, 0) is 10.2 Å². The van der Waals surface area contributed by atoms with Crippen molar-refractivity contribution >= 4 is 17.5 Å². The Kier molecular flexibility index (Phi) is 3.24. The summed E-state index contributed by atoms with van der Waals surface area (Å²) < 4.78 is 5.22. The van der Waals surface area contributed by atoms with Crippen molar-refractivity contribution in [2.45, 2.75) is 25.2 Å². The van der Waals surface area contributed by atoms with E-state index in [9.17, 15) is 4.79 Å². The fourth-order valence-electron chi connectivity index (χ4n) is 2.20. The minimum absolute atomic E-state index is 0.0196. The van der Waals surface area contributed by atoms with E-state index in [2.05, 4.69) is 10.3 Å². The van der Waals surface area contributed by atoms with E-state index in [4.69, 9.17) is 16.3 Å². The number of piperidine rings is 1. The minimum atomic E-state index is -0.582. The van der Waals surface area contributed by atoms with Gasteiger partial charge >= 0.3 is 0 Å². The van der Waals surface area contributed by atoms with Gasteiger partial charge in [-0.2, -0.15) is 0 Å². The topological polar surface area (TPSA) is 51.2 Å². The van der Waals surface area contributed by atoms with E-state index in [1.807, 2.05) is 13.0 Å². The number of aromatic nitrogens is 1. The standard InChI is InChI=1S/C12H15ClN2O2/c1-12(6-3-7-14-11(12)16)8-4-5-9(13)15-10(8)17-2/h4-5H,3,6-7H2,1-2H3,(H,14,16). The van der Waals surface area contributed by atoms with Crippen molar-refractivity contribution in [3.63, 3.8) is 0 Å². The first-order valence-electron chi connectivity index (χ1n) is 5.57. The molecule has 1 N–H and O–H groups in total. The lowest BCUT2D eigenvalue weighted by molar-refractivity contribution is -0.128. The lowest BCUT2D eigenvalue weighted by Crippen LogP contribution is -2.47. The number of carbonyl (C=O) groups is 1. The number of carbonyl (C=O) groups excluding carboxylic acids is 1. The largest absolute Gasteiger partial charge is 0.481 e. The van der Waals surface area contributed by atoms with Crippen LogP contribution >= 0.6 is 11.6 Å². The summed E-state index contributed by atoms with van der Waals surface area (Å²) in [7, 11) is 1.53. The number of amides is 1. The Hall–Kier alpha value is -1.29. The molecular weight excluding hydrogens is 240 g/mol. The Morgan fingerprint density at radius 2 is 2.29 bits per heavy atom. The maximum absolute atomic E-state index is 12.0. The maximum atomic E-state index is 12.0. The first kappa shape index (κ1) is 12.2. The number of hydrogen-bond acceptors (Lipinski definition) is 3. The molecule has 1 saturated heterocycles. The predicted molar refractivity (Wildman–Crippen MR) is 65.4 cm³/mol. The molecule has 1 fully saturated rings. The average molecular weight is 255 g/mol. The van der Waals surface area contributed by atoms with Gasteiger partial charge in [0.05, 0.1) is 12.5 Å². The molecule has 2 heterocycles. The molecule has 0 radical (unpaired) electrons. The Morgan fingerprint density at radius 3 is 2.94 bits per heavy atom. The highest BCUT2D eigenvalue weighted by Crippen LogP contribution is 2.36. The van der Waals surface area contributed by atoms with Crippen LogP contribution in [0.4, 0.5) is 0 Å². The van der Waals surface area contributed by atoms with Crippen molar-refractivity contribution in [2.24, 2.45) is 0 Å². The molecule has 1 amide bonds. The van der Waals surface area contributed by atoms with E-state index < -0.39 is 5.41 Å². The van der Waals surface area contributed by atoms with E-state index in [0.29, 0.717) is 11.0 Å². The summed E-state index contributed by atoms with van der Waals surface area (Å²) in [6.07, 6.45) is 1.74. The first-order valence-corrected chi connectivity index (χ1v) is 5.95. The molecule has 17 heavy (non-hydrogen) atoms. The second-order valence-electron chi connectivity index (χ2n) is 4.38. The molecule has 92 valence electrons. The van der Waals surface area contributed by atoms with Crippen molar-refractivity contribution in [1.29, 1.82) is 0 Å². The molecule has 2 rings (SSSR count). The zero-order chi connectivity index (χ0) is 12.5. The van der Waals surface area contributed by atoms with Gasteiger partial charge in [0.1, 0.15) is 5.15 Å². The molecule has 0 bridgehead atoms. The van der Waals surface area contributed by atoms with Crippen LogP contribution in [0.2, 0.25) is 5.15 Å². The highest BCUT2D eigenvalue weighted by Gasteiger charge is 2.39. The van der Waals surface area contributed by atoms with Gasteiger partial charge in [0, 0.05) is 12.1 Å². The summed E-state index contributed by atoms with van der Waals surface area (Å²) in [6, 6.07) is 3.51. The quantitative estimate of drug-likeness (QED) is 0.821. The van der Waals surface area contributed by atoms with Crippen LogP contribution in [0.15, 0.2) is 12.1 Å². The maximum Gasteiger partial charge on any atom is 0.230 e. The van der Waals surface area contributed by atoms with Gasteiger partial charge in [-0.25, -0.2) is 4.98 Å². The van der Waals surface area contributed by atoms with Crippen LogP contribution < -0.4 is 10.1 Å². The first-order chi connectivity index (χ1) is 8.08. The number of pyridine rings is 1. The summed E-state index contributed by atoms with van der Waals surface area (Å²) >= 11 is 5.82. The number of nitrogens with one attached hydrogen (secondary N) is 1. The molecule has 5 heteroatoms. The summed E-state index contributed by atoms with van der Waals surface area (Å²) in [5.41, 5.74) is 0.211. The zero-order valence-electron chi connectivity index (χ0n) is 9.92. The zero-order valence-corrected chi connectivity index (χ0v) is 10.7. The second-order valence-corrected chi connectivity index (χ2v) is 4.77. The van der Waals surface area contributed by atoms with Crippen LogP contribution in [0.25, 0.3) is 0 Å². The average Bonchev–Trinajstić information content (AvgIpc) is 2.32. The second kappa shape index (κ2) is 4.53. The highest BCUT2D eigenvalue weighted by atomic mass is 35.5. The highest BCUT2D eigenvalue weighted by molar-refractivity contribution is 6.29. The molecule has 1 aromatic rings. The lowest BCUT2D eigenvalue weighted by atomic mass is 9.76. The Labute approximate surface area is 105 Å². The third kappa shape index (κ3) is 2.09. The summed E-state index contributed by atoms with van der Waals surface area (Å²) in [5.74, 6) is 0.447. The number of halogens is 1. The van der Waals surface area contributed by atoms with Crippen molar-refractivity contribution in [2.75, 3.05) is 13.7 Å². The molecule has 0 aliphatic carbocycles. The van der Waals surface area contributed by atoms with Gasteiger partial charge in [-0.3, -0.25) is 4.79 Å². The minimum Gasteiger partial charge on any atom is -0.481 e. The number of ether oxygens (including phenoxy) is 1. The van der Waals surface area contributed by atoms with E-state index in [1.165, 1.54) is 7.11 Å². The third-order valence-electron chi connectivity index (χ3n) is 3.25.